The van der Waals surface area contributed by atoms with E-state index < -0.39 is 5.91 Å². The summed E-state index contributed by atoms with van der Waals surface area (Å²) in [4.78, 5) is 13.0. The molecule has 2 N–H and O–H groups in total. The first-order valence-corrected chi connectivity index (χ1v) is 13.8. The van der Waals surface area contributed by atoms with Gasteiger partial charge in [0.1, 0.15) is 5.76 Å². The van der Waals surface area contributed by atoms with Crippen molar-refractivity contribution in [3.05, 3.63) is 88.8 Å². The van der Waals surface area contributed by atoms with E-state index in [0.29, 0.717) is 17.4 Å². The van der Waals surface area contributed by atoms with Gasteiger partial charge in [-0.05, 0) is 73.4 Å². The van der Waals surface area contributed by atoms with Crippen LogP contribution in [0.2, 0.25) is 0 Å². The van der Waals surface area contributed by atoms with Crippen LogP contribution in [0.25, 0.3) is 32.9 Å². The van der Waals surface area contributed by atoms with Crippen LogP contribution in [0.4, 0.5) is 0 Å². The number of carbonyl (C=O) groups is 1. The molecule has 0 radical (unpaired) electrons. The third kappa shape index (κ3) is 4.33. The highest BCUT2D eigenvalue weighted by Crippen LogP contribution is 2.44. The zero-order chi connectivity index (χ0) is 27.3. The molecule has 2 aromatic heterocycles. The van der Waals surface area contributed by atoms with Crippen molar-refractivity contribution in [3.8, 4) is 11.1 Å². The Morgan fingerprint density at radius 1 is 0.974 bits per heavy atom. The number of amides is 1. The molecule has 3 heterocycles. The van der Waals surface area contributed by atoms with Crippen LogP contribution in [-0.4, -0.2) is 28.8 Å². The van der Waals surface area contributed by atoms with Crippen LogP contribution in [-0.2, 0) is 4.74 Å². The van der Waals surface area contributed by atoms with Gasteiger partial charge in [0, 0.05) is 40.6 Å². The molecule has 0 bridgehead atoms. The molecule has 6 heteroatoms. The number of nitrogens with two attached hydrogens (primary N) is 1. The number of carbonyl (C=O) groups excluding carboxylic acids is 1. The molecule has 1 aliphatic rings. The molecule has 200 valence electrons. The largest absolute Gasteiger partial charge is 0.381 e. The minimum Gasteiger partial charge on any atom is -0.381 e. The molecule has 3 aromatic carbocycles. The van der Waals surface area contributed by atoms with E-state index in [1.54, 1.807) is 0 Å². The predicted octanol–water partition coefficient (Wildman–Crippen LogP) is 7.30. The Hall–Kier alpha value is -3.90. The number of aryl methyl sites for hydroxylation is 2. The Morgan fingerprint density at radius 3 is 2.36 bits per heavy atom. The molecule has 6 nitrogen and oxygen atoms in total. The molecule has 39 heavy (non-hydrogen) atoms. The quantitative estimate of drug-likeness (QED) is 0.254. The highest BCUT2D eigenvalue weighted by atomic mass is 16.5. The van der Waals surface area contributed by atoms with Gasteiger partial charge in [0.05, 0.1) is 17.3 Å². The maximum absolute atomic E-state index is 13.0. The Bertz CT molecular complexity index is 1650. The van der Waals surface area contributed by atoms with Crippen molar-refractivity contribution in [2.45, 2.75) is 52.5 Å². The van der Waals surface area contributed by atoms with Gasteiger partial charge in [0.2, 0.25) is 5.91 Å². The smallest absolute Gasteiger partial charge is 0.249 e. The van der Waals surface area contributed by atoms with Gasteiger partial charge < -0.3 is 19.6 Å². The highest BCUT2D eigenvalue weighted by Gasteiger charge is 2.31. The summed E-state index contributed by atoms with van der Waals surface area (Å²) < 4.78 is 13.8. The SMILES string of the molecule is Cc1noc(C)c1-c1cc(C(N)=O)c2c3ccc(C(C)C)cc3n(C(c3ccccc3)C3CCOCC3)c2c1. The summed E-state index contributed by atoms with van der Waals surface area (Å²) >= 11 is 0. The lowest BCUT2D eigenvalue weighted by atomic mass is 9.86. The standard InChI is InChI=1S/C33H35N3O3/c1-19(2)24-10-11-26-28(17-24)36(32(22-8-6-5-7-9-22)23-12-14-38-15-13-23)29-18-25(16-27(31(26)29)33(34)37)30-20(3)35-39-21(30)4/h5-11,16-19,23,32H,12-15H2,1-4H3,(H2,34,37). The van der Waals surface area contributed by atoms with Crippen LogP contribution in [0, 0.1) is 19.8 Å². The van der Waals surface area contributed by atoms with Gasteiger partial charge in [-0.3, -0.25) is 4.79 Å². The van der Waals surface area contributed by atoms with E-state index in [0.717, 1.165) is 70.4 Å². The topological polar surface area (TPSA) is 83.3 Å². The number of aromatic nitrogens is 2. The minimum atomic E-state index is -0.442. The Kier molecular flexibility index (Phi) is 6.51. The van der Waals surface area contributed by atoms with Crippen molar-refractivity contribution in [1.29, 1.82) is 0 Å². The van der Waals surface area contributed by atoms with E-state index in [9.17, 15) is 4.79 Å². The molecule has 1 fully saturated rings. The second kappa shape index (κ2) is 10.0. The Balaban J connectivity index is 1.76. The summed E-state index contributed by atoms with van der Waals surface area (Å²) in [5.74, 6) is 1.02. The van der Waals surface area contributed by atoms with Crippen LogP contribution in [0.1, 0.15) is 71.6 Å². The third-order valence-corrected chi connectivity index (χ3v) is 8.31. The summed E-state index contributed by atoms with van der Waals surface area (Å²) in [5, 5.41) is 6.13. The molecular weight excluding hydrogens is 486 g/mol. The number of fused-ring (bicyclic) bond motifs is 3. The highest BCUT2D eigenvalue weighted by molar-refractivity contribution is 6.19. The first-order chi connectivity index (χ1) is 18.8. The molecule has 1 aliphatic heterocycles. The number of benzene rings is 3. The fourth-order valence-electron chi connectivity index (χ4n) is 6.40. The normalized spacial score (nSPS) is 15.4. The summed E-state index contributed by atoms with van der Waals surface area (Å²) in [6.45, 7) is 9.76. The predicted molar refractivity (Wildman–Crippen MR) is 155 cm³/mol. The zero-order valence-corrected chi connectivity index (χ0v) is 23.0. The number of hydrogen-bond acceptors (Lipinski definition) is 4. The first-order valence-electron chi connectivity index (χ1n) is 13.8. The van der Waals surface area contributed by atoms with Crippen LogP contribution >= 0.6 is 0 Å². The average Bonchev–Trinajstić information content (AvgIpc) is 3.45. The lowest BCUT2D eigenvalue weighted by molar-refractivity contribution is 0.0553. The van der Waals surface area contributed by atoms with Crippen molar-refractivity contribution >= 4 is 27.7 Å². The van der Waals surface area contributed by atoms with Crippen molar-refractivity contribution in [1.82, 2.24) is 9.72 Å². The Labute approximate surface area is 228 Å². The molecule has 5 aromatic rings. The summed E-state index contributed by atoms with van der Waals surface area (Å²) in [6.07, 6.45) is 1.94. The van der Waals surface area contributed by atoms with Gasteiger partial charge in [-0.1, -0.05) is 61.5 Å². The molecule has 1 saturated heterocycles. The molecular formula is C33H35N3O3. The van der Waals surface area contributed by atoms with Crippen LogP contribution in [0.3, 0.4) is 0 Å². The number of primary amides is 1. The molecule has 1 atom stereocenters. The van der Waals surface area contributed by atoms with Gasteiger partial charge in [0.15, 0.2) is 0 Å². The van der Waals surface area contributed by atoms with Crippen molar-refractivity contribution in [2.24, 2.45) is 11.7 Å². The maximum Gasteiger partial charge on any atom is 0.249 e. The van der Waals surface area contributed by atoms with Crippen LogP contribution in [0.15, 0.2) is 65.2 Å². The van der Waals surface area contributed by atoms with Gasteiger partial charge in [-0.15, -0.1) is 0 Å². The van der Waals surface area contributed by atoms with Crippen molar-refractivity contribution < 1.29 is 14.1 Å². The molecule has 0 spiro atoms. The molecule has 1 unspecified atom stereocenters. The molecule has 6 rings (SSSR count). The number of rotatable bonds is 6. The van der Waals surface area contributed by atoms with Crippen LogP contribution < -0.4 is 5.73 Å². The molecule has 0 aliphatic carbocycles. The average molecular weight is 522 g/mol. The fraction of sp³-hybridized carbons (Fsp3) is 0.333. The second-order valence-corrected chi connectivity index (χ2v) is 11.1. The van der Waals surface area contributed by atoms with Gasteiger partial charge in [-0.2, -0.15) is 0 Å². The third-order valence-electron chi connectivity index (χ3n) is 8.31. The van der Waals surface area contributed by atoms with E-state index in [4.69, 9.17) is 15.0 Å². The van der Waals surface area contributed by atoms with Crippen molar-refractivity contribution in [2.75, 3.05) is 13.2 Å². The molecule has 1 amide bonds. The van der Waals surface area contributed by atoms with Crippen LogP contribution in [0.5, 0.6) is 0 Å². The Morgan fingerprint density at radius 2 is 1.72 bits per heavy atom. The summed E-state index contributed by atoms with van der Waals surface area (Å²) in [7, 11) is 0. The van der Waals surface area contributed by atoms with Gasteiger partial charge >= 0.3 is 0 Å². The monoisotopic (exact) mass is 521 g/mol. The lowest BCUT2D eigenvalue weighted by Gasteiger charge is -2.33. The number of nitrogens with zero attached hydrogens (tertiary/aromatic N) is 2. The van der Waals surface area contributed by atoms with E-state index >= 15 is 0 Å². The molecule has 0 saturated carbocycles. The zero-order valence-electron chi connectivity index (χ0n) is 23.0. The fourth-order valence-corrected chi connectivity index (χ4v) is 6.40. The van der Waals surface area contributed by atoms with E-state index in [1.165, 1.54) is 11.1 Å². The van der Waals surface area contributed by atoms with E-state index in [2.05, 4.69) is 78.2 Å². The number of hydrogen-bond donors (Lipinski definition) is 1. The minimum absolute atomic E-state index is 0.0677. The van der Waals surface area contributed by atoms with E-state index in [-0.39, 0.29) is 6.04 Å². The summed E-state index contributed by atoms with van der Waals surface area (Å²) in [5.41, 5.74) is 13.8. The maximum atomic E-state index is 13.0. The first kappa shape index (κ1) is 25.4. The lowest BCUT2D eigenvalue weighted by Crippen LogP contribution is -2.27. The second-order valence-electron chi connectivity index (χ2n) is 11.1. The number of ether oxygens (including phenoxy) is 1. The summed E-state index contributed by atoms with van der Waals surface area (Å²) in [6, 6.07) is 21.5. The van der Waals surface area contributed by atoms with Gasteiger partial charge in [0.25, 0.3) is 0 Å². The van der Waals surface area contributed by atoms with Crippen molar-refractivity contribution in [3.63, 3.8) is 0 Å². The van der Waals surface area contributed by atoms with E-state index in [1.807, 2.05) is 19.9 Å². The van der Waals surface area contributed by atoms with Gasteiger partial charge in [-0.25, -0.2) is 0 Å².